The third kappa shape index (κ3) is 4.48. The molecule has 2 fully saturated rings. The lowest BCUT2D eigenvalue weighted by Crippen LogP contribution is -2.35. The second-order valence-electron chi connectivity index (χ2n) is 10.2. The summed E-state index contributed by atoms with van der Waals surface area (Å²) in [6.45, 7) is 3.32. The number of anilines is 1. The molecular weight excluding hydrogens is 502 g/mol. The number of nitrogens with one attached hydrogen (secondary N) is 1. The van der Waals surface area contributed by atoms with Gasteiger partial charge in [0.1, 0.15) is 11.6 Å². The molecule has 2 aliphatic heterocycles. The number of pyridine rings is 1. The van der Waals surface area contributed by atoms with Crippen LogP contribution in [0.1, 0.15) is 50.2 Å². The normalized spacial score (nSPS) is 20.4. The van der Waals surface area contributed by atoms with Crippen molar-refractivity contribution >= 4 is 21.7 Å². The molecule has 1 saturated carbocycles. The van der Waals surface area contributed by atoms with Crippen molar-refractivity contribution < 1.29 is 22.7 Å². The molecule has 0 unspecified atom stereocenters. The number of carbonyl (C=O) groups is 1. The summed E-state index contributed by atoms with van der Waals surface area (Å²) in [6, 6.07) is 18.2. The number of rotatable bonds is 7. The van der Waals surface area contributed by atoms with E-state index in [9.17, 15) is 13.2 Å². The number of aromatic nitrogens is 1. The second kappa shape index (κ2) is 9.80. The number of sulfonamides is 1. The van der Waals surface area contributed by atoms with Crippen LogP contribution < -0.4 is 10.1 Å². The summed E-state index contributed by atoms with van der Waals surface area (Å²) >= 11 is 0. The molecular formula is C29H31N3O5S. The molecule has 38 heavy (non-hydrogen) atoms. The van der Waals surface area contributed by atoms with E-state index < -0.39 is 15.4 Å². The Morgan fingerprint density at radius 3 is 2.71 bits per heavy atom. The van der Waals surface area contributed by atoms with Crippen molar-refractivity contribution in [3.05, 3.63) is 71.8 Å². The van der Waals surface area contributed by atoms with Gasteiger partial charge in [-0.05, 0) is 74.1 Å². The van der Waals surface area contributed by atoms with E-state index >= 15 is 0 Å². The van der Waals surface area contributed by atoms with Crippen molar-refractivity contribution in [3.63, 3.8) is 0 Å². The van der Waals surface area contributed by atoms with Crippen LogP contribution in [0.4, 0.5) is 5.82 Å². The number of benzene rings is 2. The highest BCUT2D eigenvalue weighted by molar-refractivity contribution is 7.89. The van der Waals surface area contributed by atoms with Crippen molar-refractivity contribution in [1.29, 1.82) is 0 Å². The van der Waals surface area contributed by atoms with E-state index in [1.165, 1.54) is 0 Å². The van der Waals surface area contributed by atoms with E-state index in [1.807, 2.05) is 37.3 Å². The first-order chi connectivity index (χ1) is 18.4. The van der Waals surface area contributed by atoms with Gasteiger partial charge in [-0.2, -0.15) is 4.31 Å². The van der Waals surface area contributed by atoms with Crippen molar-refractivity contribution in [3.8, 4) is 17.0 Å². The first-order valence-electron chi connectivity index (χ1n) is 13.2. The van der Waals surface area contributed by atoms with E-state index in [-0.39, 0.29) is 18.7 Å². The maximum absolute atomic E-state index is 13.4. The third-order valence-corrected chi connectivity index (χ3v) is 9.86. The topological polar surface area (TPSA) is 97.8 Å². The summed E-state index contributed by atoms with van der Waals surface area (Å²) in [6.07, 6.45) is 4.16. The highest BCUT2D eigenvalue weighted by Crippen LogP contribution is 2.50. The molecule has 3 heterocycles. The fourth-order valence-electron chi connectivity index (χ4n) is 5.53. The summed E-state index contributed by atoms with van der Waals surface area (Å²) in [5.41, 5.74) is 2.77. The lowest BCUT2D eigenvalue weighted by molar-refractivity contribution is -0.118. The Morgan fingerprint density at radius 1 is 1.13 bits per heavy atom. The van der Waals surface area contributed by atoms with Gasteiger partial charge in [0.05, 0.1) is 22.6 Å². The molecule has 1 amide bonds. The Kier molecular flexibility index (Phi) is 6.45. The summed E-state index contributed by atoms with van der Waals surface area (Å²) < 4.78 is 38.9. The average Bonchev–Trinajstić information content (AvgIpc) is 3.62. The molecule has 0 spiro atoms. The van der Waals surface area contributed by atoms with Crippen LogP contribution in [0.15, 0.2) is 65.6 Å². The number of hydrogen-bond donors (Lipinski definition) is 1. The van der Waals surface area contributed by atoms with Gasteiger partial charge in [-0.1, -0.05) is 31.2 Å². The van der Waals surface area contributed by atoms with Crippen molar-refractivity contribution in [1.82, 2.24) is 9.29 Å². The van der Waals surface area contributed by atoms with Gasteiger partial charge in [0.15, 0.2) is 6.79 Å². The van der Waals surface area contributed by atoms with Crippen LogP contribution in [0.3, 0.4) is 0 Å². The zero-order chi connectivity index (χ0) is 26.3. The fourth-order valence-corrected chi connectivity index (χ4v) is 7.29. The molecule has 1 atom stereocenters. The van der Waals surface area contributed by atoms with Gasteiger partial charge in [-0.3, -0.25) is 4.79 Å². The van der Waals surface area contributed by atoms with E-state index in [4.69, 9.17) is 9.47 Å². The standard InChI is InChI=1S/C29H31N3O5S/c1-2-23-5-4-16-32(23)38(34,35)24-11-8-20(9-12-24)25-6-3-7-27(30-25)31-28(33)29(14-15-29)22-10-13-26-21(17-22)18-36-19-37-26/h3,6-13,17,23H,2,4-5,14-16,18-19H2,1H3,(H,30,31,33)/t23-/m0/s1. The monoisotopic (exact) mass is 533 g/mol. The minimum absolute atomic E-state index is 0.0689. The zero-order valence-electron chi connectivity index (χ0n) is 21.4. The number of ether oxygens (including phenoxy) is 2. The molecule has 0 radical (unpaired) electrons. The van der Waals surface area contributed by atoms with E-state index in [0.717, 1.165) is 54.5 Å². The number of carbonyl (C=O) groups excluding carboxylic acids is 1. The van der Waals surface area contributed by atoms with Crippen LogP contribution in [-0.2, 0) is 31.6 Å². The number of fused-ring (bicyclic) bond motifs is 1. The molecule has 1 N–H and O–H groups in total. The summed E-state index contributed by atoms with van der Waals surface area (Å²) in [7, 11) is -3.52. The molecule has 3 aromatic rings. The minimum atomic E-state index is -3.52. The van der Waals surface area contributed by atoms with Crippen molar-refractivity contribution in [2.24, 2.45) is 0 Å². The predicted octanol–water partition coefficient (Wildman–Crippen LogP) is 4.85. The largest absolute Gasteiger partial charge is 0.467 e. The molecule has 8 nitrogen and oxygen atoms in total. The van der Waals surface area contributed by atoms with E-state index in [2.05, 4.69) is 10.3 Å². The van der Waals surface area contributed by atoms with Gasteiger partial charge in [0.2, 0.25) is 15.9 Å². The van der Waals surface area contributed by atoms with Gasteiger partial charge in [0, 0.05) is 23.7 Å². The Bertz CT molecular complexity index is 1470. The highest BCUT2D eigenvalue weighted by Gasteiger charge is 2.51. The van der Waals surface area contributed by atoms with Gasteiger partial charge in [0.25, 0.3) is 0 Å². The lowest BCUT2D eigenvalue weighted by atomic mass is 9.93. The molecule has 3 aliphatic rings. The first-order valence-corrected chi connectivity index (χ1v) is 14.6. The Hall–Kier alpha value is -3.27. The molecule has 1 saturated heterocycles. The second-order valence-corrected chi connectivity index (χ2v) is 12.1. The molecule has 0 bridgehead atoms. The lowest BCUT2D eigenvalue weighted by Gasteiger charge is -2.23. The van der Waals surface area contributed by atoms with E-state index in [1.54, 1.807) is 34.6 Å². The summed E-state index contributed by atoms with van der Waals surface area (Å²) in [5.74, 6) is 1.18. The number of nitrogens with zero attached hydrogens (tertiary/aromatic N) is 2. The molecule has 9 heteroatoms. The summed E-state index contributed by atoms with van der Waals surface area (Å²) in [4.78, 5) is 18.3. The van der Waals surface area contributed by atoms with Crippen LogP contribution >= 0.6 is 0 Å². The van der Waals surface area contributed by atoms with Crippen molar-refractivity contribution in [2.45, 2.75) is 62.0 Å². The third-order valence-electron chi connectivity index (χ3n) is 7.89. The van der Waals surface area contributed by atoms with Crippen LogP contribution in [0.25, 0.3) is 11.3 Å². The molecule has 1 aliphatic carbocycles. The minimum Gasteiger partial charge on any atom is -0.467 e. The SMILES string of the molecule is CC[C@H]1CCCN1S(=O)(=O)c1ccc(-c2cccc(NC(=O)C3(c4ccc5c(c4)COCO5)CC3)n2)cc1. The van der Waals surface area contributed by atoms with Gasteiger partial charge in [-0.15, -0.1) is 0 Å². The van der Waals surface area contributed by atoms with Crippen molar-refractivity contribution in [2.75, 3.05) is 18.7 Å². The summed E-state index contributed by atoms with van der Waals surface area (Å²) in [5, 5.41) is 3.00. The van der Waals surface area contributed by atoms with Crippen LogP contribution in [-0.4, -0.2) is 43.0 Å². The fraction of sp³-hybridized carbons (Fsp3) is 0.379. The quantitative estimate of drug-likeness (QED) is 0.466. The van der Waals surface area contributed by atoms with Gasteiger partial charge < -0.3 is 14.8 Å². The average molecular weight is 534 g/mol. The Balaban J connectivity index is 1.19. The van der Waals surface area contributed by atoms with Crippen LogP contribution in [0.2, 0.25) is 0 Å². The van der Waals surface area contributed by atoms with Crippen LogP contribution in [0.5, 0.6) is 5.75 Å². The molecule has 6 rings (SSSR count). The van der Waals surface area contributed by atoms with Gasteiger partial charge >= 0.3 is 0 Å². The number of amides is 1. The van der Waals surface area contributed by atoms with E-state index in [0.29, 0.717) is 29.6 Å². The molecule has 2 aromatic carbocycles. The Morgan fingerprint density at radius 2 is 1.95 bits per heavy atom. The maximum atomic E-state index is 13.4. The smallest absolute Gasteiger partial charge is 0.243 e. The Labute approximate surface area is 223 Å². The predicted molar refractivity (Wildman–Crippen MR) is 143 cm³/mol. The van der Waals surface area contributed by atoms with Gasteiger partial charge in [-0.25, -0.2) is 13.4 Å². The maximum Gasteiger partial charge on any atom is 0.243 e. The zero-order valence-corrected chi connectivity index (χ0v) is 22.2. The highest BCUT2D eigenvalue weighted by atomic mass is 32.2. The number of hydrogen-bond acceptors (Lipinski definition) is 6. The van der Waals surface area contributed by atoms with Crippen LogP contribution in [0, 0.1) is 0 Å². The molecule has 1 aromatic heterocycles. The first kappa shape index (κ1) is 25.0. The molecule has 198 valence electrons.